The molecule has 0 fully saturated rings. The average Bonchev–Trinajstić information content (AvgIpc) is 2.62. The first kappa shape index (κ1) is 17.5. The minimum Gasteiger partial charge on any atom is -0.494 e. The second-order valence-electron chi connectivity index (χ2n) is 5.22. The fourth-order valence-electron chi connectivity index (χ4n) is 1.92. The largest absolute Gasteiger partial charge is 0.494 e. The lowest BCUT2D eigenvalue weighted by molar-refractivity contribution is 0.151. The van der Waals surface area contributed by atoms with E-state index in [4.69, 9.17) is 9.57 Å². The van der Waals surface area contributed by atoms with Gasteiger partial charge in [-0.2, -0.15) is 0 Å². The number of carbonyl (C=O) groups excluding carboxylic acids is 1. The van der Waals surface area contributed by atoms with Gasteiger partial charge in [-0.1, -0.05) is 61.0 Å². The zero-order valence-corrected chi connectivity index (χ0v) is 13.8. The first-order chi connectivity index (χ1) is 11.8. The van der Waals surface area contributed by atoms with Crippen LogP contribution in [0.5, 0.6) is 5.75 Å². The van der Waals surface area contributed by atoms with Crippen molar-refractivity contribution in [2.45, 2.75) is 26.3 Å². The number of nitrogens with one attached hydrogen (secondary N) is 1. The first-order valence-corrected chi connectivity index (χ1v) is 8.03. The van der Waals surface area contributed by atoms with Crippen LogP contribution >= 0.6 is 0 Å². The van der Waals surface area contributed by atoms with E-state index in [2.05, 4.69) is 17.4 Å². The van der Waals surface area contributed by atoms with Crippen LogP contribution in [-0.4, -0.2) is 18.9 Å². The zero-order valence-electron chi connectivity index (χ0n) is 13.8. The minimum absolute atomic E-state index is 0.370. The van der Waals surface area contributed by atoms with E-state index in [1.54, 1.807) is 0 Å². The van der Waals surface area contributed by atoms with Crippen LogP contribution in [0.15, 0.2) is 59.8 Å². The summed E-state index contributed by atoms with van der Waals surface area (Å²) in [6.07, 6.45) is 3.04. The predicted molar refractivity (Wildman–Crippen MR) is 94.2 cm³/mol. The Labute approximate surface area is 142 Å². The molecule has 0 saturated carbocycles. The van der Waals surface area contributed by atoms with Crippen molar-refractivity contribution in [1.29, 1.82) is 0 Å². The van der Waals surface area contributed by atoms with Crippen LogP contribution in [0.25, 0.3) is 0 Å². The number of hydrogen-bond donors (Lipinski definition) is 1. The van der Waals surface area contributed by atoms with Crippen LogP contribution in [0.3, 0.4) is 0 Å². The molecule has 2 aromatic rings. The molecule has 5 heteroatoms. The van der Waals surface area contributed by atoms with Crippen LogP contribution in [0.1, 0.15) is 30.9 Å². The Bertz CT molecular complexity index is 639. The molecule has 126 valence electrons. The molecule has 0 spiro atoms. The number of amides is 1. The SMILES string of the molecule is CCCCOc1ccc(CNC(=O)O/N=C/c2ccccc2)cc1. The molecule has 0 radical (unpaired) electrons. The number of unbranched alkanes of at least 4 members (excludes halogenated alkanes) is 1. The Balaban J connectivity index is 1.70. The van der Waals surface area contributed by atoms with Gasteiger partial charge in [-0.15, -0.1) is 0 Å². The maximum Gasteiger partial charge on any atom is 0.433 e. The fourth-order valence-corrected chi connectivity index (χ4v) is 1.92. The number of benzene rings is 2. The molecule has 0 aliphatic rings. The summed E-state index contributed by atoms with van der Waals surface area (Å²) in [6.45, 7) is 3.22. The van der Waals surface area contributed by atoms with Gasteiger partial charge in [0.25, 0.3) is 0 Å². The number of ether oxygens (including phenoxy) is 1. The molecule has 0 aromatic heterocycles. The molecular weight excluding hydrogens is 304 g/mol. The quantitative estimate of drug-likeness (QED) is 0.343. The number of nitrogens with zero attached hydrogens (tertiary/aromatic N) is 1. The molecule has 24 heavy (non-hydrogen) atoms. The molecule has 2 rings (SSSR count). The molecule has 1 N–H and O–H groups in total. The van der Waals surface area contributed by atoms with Crippen molar-refractivity contribution in [3.8, 4) is 5.75 Å². The van der Waals surface area contributed by atoms with Crippen LogP contribution in [0.4, 0.5) is 4.79 Å². The monoisotopic (exact) mass is 326 g/mol. The molecule has 0 heterocycles. The van der Waals surface area contributed by atoms with Gasteiger partial charge in [-0.05, 0) is 29.7 Å². The van der Waals surface area contributed by atoms with Crippen LogP contribution in [-0.2, 0) is 11.4 Å². The fraction of sp³-hybridized carbons (Fsp3) is 0.263. The van der Waals surface area contributed by atoms with Crippen LogP contribution < -0.4 is 10.1 Å². The van der Waals surface area contributed by atoms with Crippen molar-refractivity contribution in [3.63, 3.8) is 0 Å². The van der Waals surface area contributed by atoms with Gasteiger partial charge in [-0.25, -0.2) is 4.79 Å². The number of carbonyl (C=O) groups is 1. The van der Waals surface area contributed by atoms with Crippen LogP contribution in [0, 0.1) is 0 Å². The van der Waals surface area contributed by atoms with Gasteiger partial charge in [0.1, 0.15) is 5.75 Å². The number of rotatable bonds is 8. The summed E-state index contributed by atoms with van der Waals surface area (Å²) in [5.41, 5.74) is 1.82. The predicted octanol–water partition coefficient (Wildman–Crippen LogP) is 4.13. The smallest absolute Gasteiger partial charge is 0.433 e. The van der Waals surface area contributed by atoms with Gasteiger partial charge in [-0.3, -0.25) is 4.84 Å². The molecule has 0 unspecified atom stereocenters. The van der Waals surface area contributed by atoms with Gasteiger partial charge in [0.05, 0.1) is 12.8 Å². The zero-order chi connectivity index (χ0) is 17.0. The van der Waals surface area contributed by atoms with E-state index in [-0.39, 0.29) is 0 Å². The molecule has 0 atom stereocenters. The lowest BCUT2D eigenvalue weighted by Crippen LogP contribution is -2.22. The van der Waals surface area contributed by atoms with Crippen molar-refractivity contribution in [2.75, 3.05) is 6.61 Å². The lowest BCUT2D eigenvalue weighted by atomic mass is 10.2. The normalized spacial score (nSPS) is 10.5. The highest BCUT2D eigenvalue weighted by molar-refractivity contribution is 5.79. The summed E-state index contributed by atoms with van der Waals surface area (Å²) < 4.78 is 5.59. The maximum atomic E-state index is 11.6. The number of hydrogen-bond acceptors (Lipinski definition) is 4. The van der Waals surface area contributed by atoms with Crippen molar-refractivity contribution in [2.24, 2.45) is 5.16 Å². The molecule has 0 aliphatic carbocycles. The summed E-state index contributed by atoms with van der Waals surface area (Å²) in [7, 11) is 0. The van der Waals surface area contributed by atoms with E-state index in [1.165, 1.54) is 6.21 Å². The lowest BCUT2D eigenvalue weighted by Gasteiger charge is -2.07. The van der Waals surface area contributed by atoms with Gasteiger partial charge < -0.3 is 10.1 Å². The summed E-state index contributed by atoms with van der Waals surface area (Å²) >= 11 is 0. The van der Waals surface area contributed by atoms with Gasteiger partial charge in [0.2, 0.25) is 0 Å². The second kappa shape index (κ2) is 10.0. The number of oxime groups is 1. The van der Waals surface area contributed by atoms with E-state index in [0.29, 0.717) is 6.54 Å². The van der Waals surface area contributed by atoms with Gasteiger partial charge in [0, 0.05) is 6.54 Å². The Kier molecular flexibility index (Phi) is 7.34. The molecule has 0 aliphatic heterocycles. The van der Waals surface area contributed by atoms with E-state index in [0.717, 1.165) is 36.3 Å². The third-order valence-corrected chi connectivity index (χ3v) is 3.26. The molecule has 2 aromatic carbocycles. The topological polar surface area (TPSA) is 59.9 Å². The summed E-state index contributed by atoms with van der Waals surface area (Å²) in [5.74, 6) is 0.835. The van der Waals surface area contributed by atoms with Crippen molar-refractivity contribution < 1.29 is 14.4 Å². The maximum absolute atomic E-state index is 11.6. The molecule has 1 amide bonds. The molecule has 0 saturated heterocycles. The highest BCUT2D eigenvalue weighted by Crippen LogP contribution is 2.12. The molecule has 0 bridgehead atoms. The van der Waals surface area contributed by atoms with Gasteiger partial charge >= 0.3 is 6.09 Å². The third-order valence-electron chi connectivity index (χ3n) is 3.26. The van der Waals surface area contributed by atoms with Crippen molar-refractivity contribution in [1.82, 2.24) is 5.32 Å². The third kappa shape index (κ3) is 6.52. The average molecular weight is 326 g/mol. The van der Waals surface area contributed by atoms with Crippen LogP contribution in [0.2, 0.25) is 0 Å². The van der Waals surface area contributed by atoms with E-state index in [9.17, 15) is 4.79 Å². The second-order valence-corrected chi connectivity index (χ2v) is 5.22. The molecule has 5 nitrogen and oxygen atoms in total. The Morgan fingerprint density at radius 1 is 1.12 bits per heavy atom. The molecular formula is C19H22N2O3. The highest BCUT2D eigenvalue weighted by Gasteiger charge is 2.02. The Hall–Kier alpha value is -2.82. The van der Waals surface area contributed by atoms with E-state index >= 15 is 0 Å². The highest BCUT2D eigenvalue weighted by atomic mass is 16.7. The van der Waals surface area contributed by atoms with Gasteiger partial charge in [0.15, 0.2) is 0 Å². The first-order valence-electron chi connectivity index (χ1n) is 8.03. The summed E-state index contributed by atoms with van der Waals surface area (Å²) in [6, 6.07) is 17.0. The standard InChI is InChI=1S/C19H22N2O3/c1-2-3-13-23-18-11-9-17(10-12-18)14-20-19(22)24-21-15-16-7-5-4-6-8-16/h4-12,15H,2-3,13-14H2,1H3,(H,20,22)/b21-15+. The Morgan fingerprint density at radius 2 is 1.88 bits per heavy atom. The summed E-state index contributed by atoms with van der Waals surface area (Å²) in [5, 5.41) is 6.29. The van der Waals surface area contributed by atoms with E-state index in [1.807, 2.05) is 54.6 Å². The Morgan fingerprint density at radius 3 is 2.58 bits per heavy atom. The van der Waals surface area contributed by atoms with E-state index < -0.39 is 6.09 Å². The minimum atomic E-state index is -0.592. The summed E-state index contributed by atoms with van der Waals surface area (Å²) in [4.78, 5) is 16.3. The van der Waals surface area contributed by atoms with Crippen molar-refractivity contribution >= 4 is 12.3 Å². The van der Waals surface area contributed by atoms with Crippen molar-refractivity contribution in [3.05, 3.63) is 65.7 Å².